The summed E-state index contributed by atoms with van der Waals surface area (Å²) in [5.74, 6) is 0. The maximum absolute atomic E-state index is 5.06. The van der Waals surface area contributed by atoms with Crippen molar-refractivity contribution in [3.8, 4) is 0 Å². The van der Waals surface area contributed by atoms with Gasteiger partial charge in [0.1, 0.15) is 5.01 Å². The molecule has 1 aromatic rings. The Kier molecular flexibility index (Phi) is 5.95. The summed E-state index contributed by atoms with van der Waals surface area (Å²) in [6, 6.07) is 0.387. The lowest BCUT2D eigenvalue weighted by Crippen LogP contribution is -2.24. The highest BCUT2D eigenvalue weighted by molar-refractivity contribution is 7.11. The minimum absolute atomic E-state index is 0.387. The van der Waals surface area contributed by atoms with Crippen molar-refractivity contribution >= 4 is 11.3 Å². The standard InChI is InChI=1S/C12H22N2OS/c1-5-6-11(13-7-8-15-4)12-14-9(2)10(3)16-12/h11,13H,5-8H2,1-4H3. The Morgan fingerprint density at radius 3 is 2.69 bits per heavy atom. The largest absolute Gasteiger partial charge is 0.383 e. The average molecular weight is 242 g/mol. The number of nitrogens with one attached hydrogen (secondary N) is 1. The molecule has 0 radical (unpaired) electrons. The molecule has 16 heavy (non-hydrogen) atoms. The molecule has 3 nitrogen and oxygen atoms in total. The number of ether oxygens (including phenoxy) is 1. The maximum Gasteiger partial charge on any atom is 0.110 e. The van der Waals surface area contributed by atoms with Gasteiger partial charge in [0, 0.05) is 18.5 Å². The Hall–Kier alpha value is -0.450. The molecule has 0 spiro atoms. The molecular formula is C12H22N2OS. The van der Waals surface area contributed by atoms with Gasteiger partial charge in [-0.1, -0.05) is 13.3 Å². The van der Waals surface area contributed by atoms with Crippen molar-refractivity contribution in [1.82, 2.24) is 10.3 Å². The van der Waals surface area contributed by atoms with Crippen molar-refractivity contribution in [2.24, 2.45) is 0 Å². The monoisotopic (exact) mass is 242 g/mol. The summed E-state index contributed by atoms with van der Waals surface area (Å²) in [6.07, 6.45) is 2.30. The molecule has 1 rings (SSSR count). The van der Waals surface area contributed by atoms with E-state index in [0.717, 1.165) is 25.3 Å². The quantitative estimate of drug-likeness (QED) is 0.747. The molecule has 0 saturated heterocycles. The molecular weight excluding hydrogens is 220 g/mol. The minimum atomic E-state index is 0.387. The maximum atomic E-state index is 5.06. The molecule has 1 aromatic heterocycles. The second kappa shape index (κ2) is 6.99. The van der Waals surface area contributed by atoms with Gasteiger partial charge in [-0.25, -0.2) is 4.98 Å². The van der Waals surface area contributed by atoms with E-state index in [4.69, 9.17) is 4.74 Å². The molecule has 0 fully saturated rings. The minimum Gasteiger partial charge on any atom is -0.383 e. The molecule has 4 heteroatoms. The third-order valence-corrected chi connectivity index (χ3v) is 3.80. The van der Waals surface area contributed by atoms with E-state index in [1.54, 1.807) is 18.4 Å². The van der Waals surface area contributed by atoms with Crippen molar-refractivity contribution in [1.29, 1.82) is 0 Å². The van der Waals surface area contributed by atoms with Crippen LogP contribution in [-0.4, -0.2) is 25.2 Å². The van der Waals surface area contributed by atoms with Crippen LogP contribution in [0, 0.1) is 13.8 Å². The van der Waals surface area contributed by atoms with E-state index in [1.165, 1.54) is 16.3 Å². The molecule has 0 aliphatic carbocycles. The van der Waals surface area contributed by atoms with Gasteiger partial charge in [-0.05, 0) is 20.3 Å². The fraction of sp³-hybridized carbons (Fsp3) is 0.750. The molecule has 1 atom stereocenters. The third-order valence-electron chi connectivity index (χ3n) is 2.62. The normalized spacial score (nSPS) is 13.0. The van der Waals surface area contributed by atoms with Crippen LogP contribution in [0.1, 0.15) is 41.4 Å². The van der Waals surface area contributed by atoms with Gasteiger partial charge in [0.05, 0.1) is 18.3 Å². The lowest BCUT2D eigenvalue weighted by molar-refractivity contribution is 0.195. The zero-order chi connectivity index (χ0) is 12.0. The van der Waals surface area contributed by atoms with Crippen molar-refractivity contribution < 1.29 is 4.74 Å². The number of aryl methyl sites for hydroxylation is 2. The second-order valence-corrected chi connectivity index (χ2v) is 5.22. The Balaban J connectivity index is 2.61. The van der Waals surface area contributed by atoms with Gasteiger partial charge in [0.15, 0.2) is 0 Å². The molecule has 0 bridgehead atoms. The Morgan fingerprint density at radius 2 is 2.19 bits per heavy atom. The van der Waals surface area contributed by atoms with Gasteiger partial charge in [-0.2, -0.15) is 0 Å². The average Bonchev–Trinajstić information content (AvgIpc) is 2.58. The summed E-state index contributed by atoms with van der Waals surface area (Å²) < 4.78 is 5.06. The Labute approximate surface area is 102 Å². The van der Waals surface area contributed by atoms with Crippen LogP contribution in [0.3, 0.4) is 0 Å². The summed E-state index contributed by atoms with van der Waals surface area (Å²) >= 11 is 1.81. The van der Waals surface area contributed by atoms with Gasteiger partial charge < -0.3 is 10.1 Å². The molecule has 1 heterocycles. The predicted octanol–water partition coefficient (Wildman–Crippen LogP) is 2.84. The third kappa shape index (κ3) is 3.85. The highest BCUT2D eigenvalue weighted by Gasteiger charge is 2.14. The SMILES string of the molecule is CCCC(NCCOC)c1nc(C)c(C)s1. The van der Waals surface area contributed by atoms with Crippen molar-refractivity contribution in [3.63, 3.8) is 0 Å². The first kappa shape index (κ1) is 13.6. The molecule has 1 N–H and O–H groups in total. The van der Waals surface area contributed by atoms with Crippen LogP contribution in [-0.2, 0) is 4.74 Å². The Bertz CT molecular complexity index is 292. The van der Waals surface area contributed by atoms with Gasteiger partial charge in [0.25, 0.3) is 0 Å². The van der Waals surface area contributed by atoms with E-state index in [2.05, 4.69) is 31.1 Å². The molecule has 92 valence electrons. The lowest BCUT2D eigenvalue weighted by Gasteiger charge is -2.15. The summed E-state index contributed by atoms with van der Waals surface area (Å²) in [4.78, 5) is 5.95. The van der Waals surface area contributed by atoms with Gasteiger partial charge in [0.2, 0.25) is 0 Å². The van der Waals surface area contributed by atoms with E-state index < -0.39 is 0 Å². The van der Waals surface area contributed by atoms with Gasteiger partial charge >= 0.3 is 0 Å². The lowest BCUT2D eigenvalue weighted by atomic mass is 10.2. The van der Waals surface area contributed by atoms with E-state index in [9.17, 15) is 0 Å². The summed E-state index contributed by atoms with van der Waals surface area (Å²) in [6.45, 7) is 8.06. The fourth-order valence-corrected chi connectivity index (χ4v) is 2.62. The summed E-state index contributed by atoms with van der Waals surface area (Å²) in [5.41, 5.74) is 1.16. The van der Waals surface area contributed by atoms with Crippen molar-refractivity contribution in [3.05, 3.63) is 15.6 Å². The summed E-state index contributed by atoms with van der Waals surface area (Å²) in [5, 5.41) is 4.72. The zero-order valence-corrected chi connectivity index (χ0v) is 11.5. The number of aromatic nitrogens is 1. The number of rotatable bonds is 7. The predicted molar refractivity (Wildman–Crippen MR) is 69.1 cm³/mol. The highest BCUT2D eigenvalue weighted by atomic mass is 32.1. The van der Waals surface area contributed by atoms with E-state index >= 15 is 0 Å². The number of hydrogen-bond acceptors (Lipinski definition) is 4. The molecule has 0 aromatic carbocycles. The highest BCUT2D eigenvalue weighted by Crippen LogP contribution is 2.25. The summed E-state index contributed by atoms with van der Waals surface area (Å²) in [7, 11) is 1.73. The first-order valence-electron chi connectivity index (χ1n) is 5.85. The topological polar surface area (TPSA) is 34.1 Å². The molecule has 0 amide bonds. The van der Waals surface area contributed by atoms with Crippen LogP contribution >= 0.6 is 11.3 Å². The van der Waals surface area contributed by atoms with Gasteiger partial charge in [-0.15, -0.1) is 11.3 Å². The van der Waals surface area contributed by atoms with Crippen molar-refractivity contribution in [2.75, 3.05) is 20.3 Å². The first-order chi connectivity index (χ1) is 7.69. The number of thiazole rings is 1. The fourth-order valence-electron chi connectivity index (χ4n) is 1.58. The first-order valence-corrected chi connectivity index (χ1v) is 6.67. The van der Waals surface area contributed by atoms with Crippen LogP contribution in [0.5, 0.6) is 0 Å². The van der Waals surface area contributed by atoms with E-state index in [-0.39, 0.29) is 0 Å². The molecule has 0 aliphatic rings. The number of nitrogens with zero attached hydrogens (tertiary/aromatic N) is 1. The molecule has 0 saturated carbocycles. The van der Waals surface area contributed by atoms with Gasteiger partial charge in [-0.3, -0.25) is 0 Å². The van der Waals surface area contributed by atoms with Crippen LogP contribution in [0.2, 0.25) is 0 Å². The van der Waals surface area contributed by atoms with Crippen LogP contribution in [0.4, 0.5) is 0 Å². The number of hydrogen-bond donors (Lipinski definition) is 1. The zero-order valence-electron chi connectivity index (χ0n) is 10.7. The van der Waals surface area contributed by atoms with Crippen LogP contribution in [0.25, 0.3) is 0 Å². The van der Waals surface area contributed by atoms with E-state index in [1.807, 2.05) is 0 Å². The second-order valence-electron chi connectivity index (χ2n) is 3.98. The van der Waals surface area contributed by atoms with Crippen LogP contribution < -0.4 is 5.32 Å². The molecule has 1 unspecified atom stereocenters. The van der Waals surface area contributed by atoms with Crippen LogP contribution in [0.15, 0.2) is 0 Å². The smallest absolute Gasteiger partial charge is 0.110 e. The molecule has 0 aliphatic heterocycles. The number of methoxy groups -OCH3 is 1. The Morgan fingerprint density at radius 1 is 1.44 bits per heavy atom. The van der Waals surface area contributed by atoms with Crippen molar-refractivity contribution in [2.45, 2.75) is 39.7 Å². The van der Waals surface area contributed by atoms with E-state index in [0.29, 0.717) is 6.04 Å².